The first-order chi connectivity index (χ1) is 15.6. The first-order valence-electron chi connectivity index (χ1n) is 8.86. The number of carbonyl (C=O) groups excluding carboxylic acids is 2. The van der Waals surface area contributed by atoms with E-state index in [1.165, 1.54) is 0 Å². The largest absolute Gasteiger partial charge is 0.776 e. The lowest BCUT2D eigenvalue weighted by Crippen LogP contribution is -2.63. The van der Waals surface area contributed by atoms with Crippen LogP contribution in [0.2, 0.25) is 0 Å². The summed E-state index contributed by atoms with van der Waals surface area (Å²) < 4.78 is 105. The molecule has 34 heavy (non-hydrogen) atoms. The molecule has 2 rings (SSSR count). The Morgan fingerprint density at radius 2 is 1.62 bits per heavy atom. The van der Waals surface area contributed by atoms with Gasteiger partial charge in [0.25, 0.3) is 0 Å². The zero-order valence-corrected chi connectivity index (χ0v) is 18.8. The third-order valence-electron chi connectivity index (χ3n) is 4.46. The van der Waals surface area contributed by atoms with Crippen molar-refractivity contribution in [2.24, 2.45) is 0 Å². The molecule has 1 N–H and O–H groups in total. The molecular formula is C13H15O18S3-5. The number of carboxylic acid groups (broad SMARTS) is 2. The van der Waals surface area contributed by atoms with E-state index in [0.29, 0.717) is 0 Å². The molecule has 2 fully saturated rings. The van der Waals surface area contributed by atoms with E-state index in [1.807, 2.05) is 0 Å². The highest BCUT2D eigenvalue weighted by Crippen LogP contribution is 2.33. The van der Waals surface area contributed by atoms with Gasteiger partial charge in [-0.15, -0.1) is 12.3 Å². The van der Waals surface area contributed by atoms with Crippen LogP contribution in [0.15, 0.2) is 0 Å². The Bertz CT molecular complexity index is 935. The number of ether oxygens (including phenoxy) is 3. The quantitative estimate of drug-likeness (QED) is 0.141. The number of carbonyl (C=O) groups is 2. The van der Waals surface area contributed by atoms with Crippen molar-refractivity contribution in [3.05, 3.63) is 0 Å². The van der Waals surface area contributed by atoms with Crippen LogP contribution in [0.3, 0.4) is 0 Å². The van der Waals surface area contributed by atoms with Gasteiger partial charge in [0.15, 0.2) is 6.29 Å². The Balaban J connectivity index is 2.38. The molecule has 18 nitrogen and oxygen atoms in total. The molecule has 0 aromatic heterocycles. The molecule has 0 aromatic carbocycles. The van der Waals surface area contributed by atoms with Crippen LogP contribution in [0.25, 0.3) is 0 Å². The lowest BCUT2D eigenvalue weighted by atomic mass is 9.98. The fourth-order valence-corrected chi connectivity index (χ4v) is 4.51. The summed E-state index contributed by atoms with van der Waals surface area (Å²) in [5.74, 6) is -3.73. The minimum atomic E-state index is -5.46. The number of aliphatic hydroxyl groups is 1. The smallest absolute Gasteiger partial charge is 0.218 e. The van der Waals surface area contributed by atoms with Crippen LogP contribution in [-0.2, 0) is 57.1 Å². The maximum absolute atomic E-state index is 11.4. The fourth-order valence-electron chi connectivity index (χ4n) is 3.24. The van der Waals surface area contributed by atoms with E-state index in [1.54, 1.807) is 0 Å². The van der Waals surface area contributed by atoms with E-state index in [0.717, 1.165) is 0 Å². The van der Waals surface area contributed by atoms with Gasteiger partial charge in [0, 0.05) is 18.8 Å². The van der Waals surface area contributed by atoms with Gasteiger partial charge in [0.2, 0.25) is 20.8 Å². The standard InChI is InChI=1S/C13H20O18S3/c14-7(15)2-4-1-5(30-33(20,21)22)9(29-32-19)13(27-4)28-10-8(16)6(31-34(23,24)25)3-26-11(10)12(17)18/h4-6,8-11,13,16,19H,1-3H2,(H,14,15)(H,17,18)(H,20,21,22)(H,23,24,25)/p-5. The average molecular weight is 555 g/mol. The van der Waals surface area contributed by atoms with E-state index in [4.69, 9.17) is 14.2 Å². The molecule has 0 radical (unpaired) electrons. The van der Waals surface area contributed by atoms with Gasteiger partial charge in [-0.05, 0) is 0 Å². The van der Waals surface area contributed by atoms with E-state index < -0.39 is 114 Å². The molecule has 2 heterocycles. The van der Waals surface area contributed by atoms with Crippen LogP contribution in [0.1, 0.15) is 12.8 Å². The van der Waals surface area contributed by atoms with Gasteiger partial charge in [-0.2, -0.15) is 0 Å². The number of hydrogen-bond donors (Lipinski definition) is 1. The first-order valence-corrected chi connectivity index (χ1v) is 12.2. The van der Waals surface area contributed by atoms with E-state index in [2.05, 4.69) is 12.5 Å². The van der Waals surface area contributed by atoms with Crippen LogP contribution in [-0.4, -0.2) is 103 Å². The summed E-state index contributed by atoms with van der Waals surface area (Å²) in [5, 5.41) is 32.7. The van der Waals surface area contributed by atoms with Crippen molar-refractivity contribution >= 4 is 45.1 Å². The second kappa shape index (κ2) is 11.7. The topological polar surface area (TPSA) is 293 Å². The predicted octanol–water partition coefficient (Wildman–Crippen LogP) is -6.01. The van der Waals surface area contributed by atoms with Crippen LogP contribution in [0.5, 0.6) is 0 Å². The van der Waals surface area contributed by atoms with E-state index in [-0.39, 0.29) is 0 Å². The van der Waals surface area contributed by atoms with E-state index in [9.17, 15) is 55.4 Å². The molecule has 8 unspecified atom stereocenters. The molecule has 21 heteroatoms. The van der Waals surface area contributed by atoms with Crippen molar-refractivity contribution in [1.82, 2.24) is 0 Å². The number of carboxylic acids is 2. The molecule has 0 amide bonds. The zero-order valence-electron chi connectivity index (χ0n) is 16.4. The summed E-state index contributed by atoms with van der Waals surface area (Å²) >= 11 is -0.648. The molecule has 0 bridgehead atoms. The zero-order chi connectivity index (χ0) is 25.8. The number of hydrogen-bond acceptors (Lipinski definition) is 19. The van der Waals surface area contributed by atoms with Gasteiger partial charge in [0.1, 0.15) is 36.6 Å². The molecule has 198 valence electrons. The molecule has 2 aliphatic rings. The molecule has 2 saturated heterocycles. The highest BCUT2D eigenvalue weighted by Gasteiger charge is 2.49. The maximum atomic E-state index is 11.4. The molecule has 0 aromatic rings. The van der Waals surface area contributed by atoms with Crippen molar-refractivity contribution in [3.8, 4) is 0 Å². The van der Waals surface area contributed by atoms with Crippen molar-refractivity contribution in [2.75, 3.05) is 6.61 Å². The van der Waals surface area contributed by atoms with Crippen LogP contribution in [0.4, 0.5) is 0 Å². The summed E-state index contributed by atoms with van der Waals surface area (Å²) in [5.41, 5.74) is 0. The fraction of sp³-hybridized carbons (Fsp3) is 0.846. The summed E-state index contributed by atoms with van der Waals surface area (Å²) in [6.07, 6.45) is -17.6. The Morgan fingerprint density at radius 1 is 1.03 bits per heavy atom. The normalized spacial score (nSPS) is 35.1. The van der Waals surface area contributed by atoms with Crippen molar-refractivity contribution < 1.29 is 82.2 Å². The van der Waals surface area contributed by atoms with Crippen molar-refractivity contribution in [3.63, 3.8) is 0 Å². The second-order valence-electron chi connectivity index (χ2n) is 6.82. The Labute approximate surface area is 196 Å². The third-order valence-corrected chi connectivity index (χ3v) is 5.73. The van der Waals surface area contributed by atoms with Gasteiger partial charge in [0.05, 0.1) is 18.7 Å². The first kappa shape index (κ1) is 29.0. The van der Waals surface area contributed by atoms with Gasteiger partial charge < -0.3 is 57.0 Å². The second-order valence-corrected chi connectivity index (χ2v) is 9.16. The van der Waals surface area contributed by atoms with Crippen molar-refractivity contribution in [2.45, 2.75) is 61.9 Å². The van der Waals surface area contributed by atoms with E-state index >= 15 is 0 Å². The van der Waals surface area contributed by atoms with Gasteiger partial charge in [-0.25, -0.2) is 16.8 Å². The predicted molar refractivity (Wildman–Crippen MR) is 90.9 cm³/mol. The highest BCUT2D eigenvalue weighted by atomic mass is 32.3. The lowest BCUT2D eigenvalue weighted by Gasteiger charge is -2.46. The molecule has 0 aliphatic carbocycles. The van der Waals surface area contributed by atoms with Crippen LogP contribution in [0, 0.1) is 0 Å². The minimum Gasteiger partial charge on any atom is -0.776 e. The highest BCUT2D eigenvalue weighted by molar-refractivity contribution is 7.88. The third kappa shape index (κ3) is 8.47. The summed E-state index contributed by atoms with van der Waals surface area (Å²) in [6.45, 7) is -0.934. The Hall–Kier alpha value is -1.21. The number of aliphatic hydroxyl groups excluding tert-OH is 1. The summed E-state index contributed by atoms with van der Waals surface area (Å²) in [4.78, 5) is 22.4. The number of rotatable bonds is 11. The molecule has 0 saturated carbocycles. The molecule has 0 spiro atoms. The molecule has 2 aliphatic heterocycles. The Kier molecular flexibility index (Phi) is 9.97. The summed E-state index contributed by atoms with van der Waals surface area (Å²) in [6, 6.07) is 0. The molecular weight excluding hydrogens is 540 g/mol. The Morgan fingerprint density at radius 3 is 2.12 bits per heavy atom. The van der Waals surface area contributed by atoms with Crippen LogP contribution < -0.4 is 10.2 Å². The summed E-state index contributed by atoms with van der Waals surface area (Å²) in [7, 11) is -10.9. The van der Waals surface area contributed by atoms with Gasteiger partial charge in [-0.3, -0.25) is 8.37 Å². The molecule has 8 atom stereocenters. The average Bonchev–Trinajstić information content (AvgIpc) is 2.64. The van der Waals surface area contributed by atoms with Crippen LogP contribution >= 0.6 is 12.3 Å². The SMILES string of the molecule is O=C([O-])CC1CC(OS(=O)(=O)[O-])C(OS[O-])C(OC2C(C(=O)[O-])OCC(OS(=O)(=O)[O-])C2O)O1. The minimum absolute atomic E-state index is 0.648. The number of aliphatic carboxylic acids is 2. The maximum Gasteiger partial charge on any atom is 0.218 e. The van der Waals surface area contributed by atoms with Gasteiger partial charge >= 0.3 is 0 Å². The lowest BCUT2D eigenvalue weighted by molar-refractivity contribution is -0.344. The van der Waals surface area contributed by atoms with Gasteiger partial charge in [-0.1, -0.05) is 0 Å². The van der Waals surface area contributed by atoms with Crippen molar-refractivity contribution in [1.29, 1.82) is 0 Å². The monoisotopic (exact) mass is 555 g/mol.